The molecule has 0 aromatic heterocycles. The highest BCUT2D eigenvalue weighted by molar-refractivity contribution is 7.89. The van der Waals surface area contributed by atoms with Crippen LogP contribution in [-0.4, -0.2) is 78.1 Å². The fraction of sp³-hybridized carbons (Fsp3) is 0.409. The summed E-state index contributed by atoms with van der Waals surface area (Å²) < 4.78 is 86.7. The van der Waals surface area contributed by atoms with Crippen molar-refractivity contribution in [2.75, 3.05) is 46.1 Å². The molecule has 0 spiro atoms. The van der Waals surface area contributed by atoms with Gasteiger partial charge in [-0.1, -0.05) is 23.7 Å². The predicted octanol–water partition coefficient (Wildman–Crippen LogP) is 2.14. The average molecular weight is 566 g/mol. The van der Waals surface area contributed by atoms with Gasteiger partial charge in [0, 0.05) is 44.8 Å². The van der Waals surface area contributed by atoms with Gasteiger partial charge in [-0.3, -0.25) is 4.90 Å². The molecule has 1 N–H and O–H groups in total. The van der Waals surface area contributed by atoms with Crippen molar-refractivity contribution in [2.45, 2.75) is 11.8 Å². The van der Waals surface area contributed by atoms with E-state index in [-0.39, 0.29) is 54.4 Å². The summed E-state index contributed by atoms with van der Waals surface area (Å²) in [4.78, 5) is 13.4. The molecule has 2 aromatic rings. The van der Waals surface area contributed by atoms with E-state index in [1.54, 1.807) is 4.90 Å². The molecule has 1 atom stereocenters. The van der Waals surface area contributed by atoms with Crippen LogP contribution < -0.4 is 4.72 Å². The Kier molecular flexibility index (Phi) is 9.06. The number of nitrogens with zero attached hydrogens (tertiary/aromatic N) is 2. The molecule has 1 fully saturated rings. The van der Waals surface area contributed by atoms with Crippen LogP contribution in [0.2, 0.25) is 5.02 Å². The van der Waals surface area contributed by atoms with Crippen molar-refractivity contribution in [1.29, 1.82) is 0 Å². The summed E-state index contributed by atoms with van der Waals surface area (Å²) in [5.41, 5.74) is 0.207. The Bertz CT molecular complexity index is 1330. The minimum Gasteiger partial charge on any atom is -0.465 e. The molecule has 36 heavy (non-hydrogen) atoms. The number of esters is 1. The summed E-state index contributed by atoms with van der Waals surface area (Å²) in [5.74, 6) is -2.23. The first-order chi connectivity index (χ1) is 16.8. The van der Waals surface area contributed by atoms with E-state index in [1.165, 1.54) is 28.6 Å². The van der Waals surface area contributed by atoms with Crippen LogP contribution in [0.4, 0.5) is 8.78 Å². The zero-order chi connectivity index (χ0) is 26.7. The normalized spacial score (nSPS) is 16.6. The van der Waals surface area contributed by atoms with Crippen molar-refractivity contribution in [3.8, 4) is 0 Å². The first kappa shape index (κ1) is 28.4. The Labute approximate surface area is 214 Å². The number of benzene rings is 2. The number of hydrogen-bond acceptors (Lipinski definition) is 7. The van der Waals surface area contributed by atoms with Crippen LogP contribution in [0.15, 0.2) is 36.4 Å². The molecule has 1 heterocycles. The third-order valence-corrected chi connectivity index (χ3v) is 9.16. The van der Waals surface area contributed by atoms with E-state index in [0.29, 0.717) is 0 Å². The summed E-state index contributed by atoms with van der Waals surface area (Å²) in [6.07, 6.45) is 1.11. The van der Waals surface area contributed by atoms with Gasteiger partial charge in [0.1, 0.15) is 16.9 Å². The van der Waals surface area contributed by atoms with Gasteiger partial charge in [-0.05, 0) is 29.8 Å². The topological polar surface area (TPSA) is 113 Å². The standard InChI is InChI=1S/C22H26ClF2N3O6S2/c1-34-22(29)16-3-4-17(20(25)12-16)13-26-36(32,33)21(15-5-6-19(24)18(23)11-15)14-27-7-9-28(10-8-27)35(2,30)31/h3-6,11-12,21,26H,7-10,13-14H2,1-2H3. The van der Waals surface area contributed by atoms with Gasteiger partial charge < -0.3 is 4.74 Å². The monoisotopic (exact) mass is 565 g/mol. The molecule has 1 unspecified atom stereocenters. The smallest absolute Gasteiger partial charge is 0.337 e. The Balaban J connectivity index is 1.82. The number of piperazine rings is 1. The number of rotatable bonds is 9. The fourth-order valence-corrected chi connectivity index (χ4v) is 6.27. The van der Waals surface area contributed by atoms with Crippen LogP contribution in [0.1, 0.15) is 26.7 Å². The third kappa shape index (κ3) is 6.99. The number of ether oxygens (including phenoxy) is 1. The lowest BCUT2D eigenvalue weighted by atomic mass is 10.1. The third-order valence-electron chi connectivity index (χ3n) is 5.85. The van der Waals surface area contributed by atoms with E-state index < -0.39 is 49.4 Å². The summed E-state index contributed by atoms with van der Waals surface area (Å²) in [6, 6.07) is 7.14. The first-order valence-corrected chi connectivity index (χ1v) is 14.6. The fourth-order valence-electron chi connectivity index (χ4n) is 3.79. The molecule has 198 valence electrons. The van der Waals surface area contributed by atoms with Crippen LogP contribution in [0.5, 0.6) is 0 Å². The van der Waals surface area contributed by atoms with Gasteiger partial charge in [0.2, 0.25) is 20.0 Å². The van der Waals surface area contributed by atoms with Gasteiger partial charge in [0.15, 0.2) is 0 Å². The lowest BCUT2D eigenvalue weighted by molar-refractivity contribution is 0.0600. The number of carbonyl (C=O) groups excluding carboxylic acids is 1. The minimum absolute atomic E-state index is 0.00360. The van der Waals surface area contributed by atoms with Crippen LogP contribution >= 0.6 is 11.6 Å². The molecule has 0 radical (unpaired) electrons. The second kappa shape index (κ2) is 11.5. The lowest BCUT2D eigenvalue weighted by Crippen LogP contribution is -2.50. The van der Waals surface area contributed by atoms with E-state index >= 15 is 0 Å². The maximum atomic E-state index is 14.5. The quantitative estimate of drug-likeness (QED) is 0.464. The molecule has 9 nitrogen and oxygen atoms in total. The van der Waals surface area contributed by atoms with Crippen molar-refractivity contribution in [3.05, 3.63) is 69.7 Å². The summed E-state index contributed by atoms with van der Waals surface area (Å²) in [5, 5.41) is -1.46. The Morgan fingerprint density at radius 2 is 1.72 bits per heavy atom. The highest BCUT2D eigenvalue weighted by Gasteiger charge is 2.32. The van der Waals surface area contributed by atoms with Crippen molar-refractivity contribution in [2.24, 2.45) is 0 Å². The average Bonchev–Trinajstić information content (AvgIpc) is 2.82. The van der Waals surface area contributed by atoms with Gasteiger partial charge in [-0.2, -0.15) is 4.31 Å². The number of sulfonamides is 2. The maximum absolute atomic E-state index is 14.5. The van der Waals surface area contributed by atoms with Gasteiger partial charge in [0.05, 0.1) is 24.0 Å². The zero-order valence-electron chi connectivity index (χ0n) is 19.6. The second-order valence-corrected chi connectivity index (χ2v) is 12.6. The molecule has 2 aromatic carbocycles. The summed E-state index contributed by atoms with van der Waals surface area (Å²) in [6.45, 7) is 0.540. The number of hydrogen-bond donors (Lipinski definition) is 1. The summed E-state index contributed by atoms with van der Waals surface area (Å²) in [7, 11) is -6.37. The van der Waals surface area contributed by atoms with Crippen molar-refractivity contribution >= 4 is 37.6 Å². The van der Waals surface area contributed by atoms with Crippen LogP contribution in [0.25, 0.3) is 0 Å². The highest BCUT2D eigenvalue weighted by Crippen LogP contribution is 2.28. The van der Waals surface area contributed by atoms with Gasteiger partial charge in [0.25, 0.3) is 0 Å². The molecule has 1 aliphatic heterocycles. The predicted molar refractivity (Wildman–Crippen MR) is 131 cm³/mol. The van der Waals surface area contributed by atoms with Crippen LogP contribution in [-0.2, 0) is 31.3 Å². The highest BCUT2D eigenvalue weighted by atomic mass is 35.5. The van der Waals surface area contributed by atoms with Gasteiger partial charge in [-0.25, -0.2) is 35.1 Å². The van der Waals surface area contributed by atoms with Gasteiger partial charge >= 0.3 is 5.97 Å². The molecule has 0 bridgehead atoms. The van der Waals surface area contributed by atoms with Crippen LogP contribution in [0, 0.1) is 11.6 Å². The lowest BCUT2D eigenvalue weighted by Gasteiger charge is -2.35. The first-order valence-electron chi connectivity index (χ1n) is 10.8. The molecule has 1 saturated heterocycles. The molecule has 1 aliphatic rings. The van der Waals surface area contributed by atoms with E-state index in [1.807, 2.05) is 0 Å². The van der Waals surface area contributed by atoms with Crippen molar-refractivity contribution in [1.82, 2.24) is 13.9 Å². The largest absolute Gasteiger partial charge is 0.465 e. The van der Waals surface area contributed by atoms with Gasteiger partial charge in [-0.15, -0.1) is 0 Å². The minimum atomic E-state index is -4.16. The number of halogens is 3. The van der Waals surface area contributed by atoms with E-state index in [2.05, 4.69) is 9.46 Å². The molecule has 0 aliphatic carbocycles. The Hall–Kier alpha value is -2.16. The molecule has 3 rings (SSSR count). The molecule has 0 amide bonds. The van der Waals surface area contributed by atoms with Crippen LogP contribution in [0.3, 0.4) is 0 Å². The van der Waals surface area contributed by atoms with Crippen molar-refractivity contribution < 1.29 is 35.1 Å². The maximum Gasteiger partial charge on any atom is 0.337 e. The summed E-state index contributed by atoms with van der Waals surface area (Å²) >= 11 is 5.90. The Morgan fingerprint density at radius 1 is 1.06 bits per heavy atom. The zero-order valence-corrected chi connectivity index (χ0v) is 22.0. The van der Waals surface area contributed by atoms with Crippen molar-refractivity contribution in [3.63, 3.8) is 0 Å². The SMILES string of the molecule is COC(=O)c1ccc(CNS(=O)(=O)C(CN2CCN(S(C)(=O)=O)CC2)c2ccc(F)c(Cl)c2)c(F)c1. The molecular weight excluding hydrogens is 540 g/mol. The number of methoxy groups -OCH3 is 1. The number of nitrogens with one attached hydrogen (secondary N) is 1. The van der Waals surface area contributed by atoms with E-state index in [9.17, 15) is 30.4 Å². The van der Waals surface area contributed by atoms with E-state index in [4.69, 9.17) is 11.6 Å². The molecular formula is C22H26ClF2N3O6S2. The van der Waals surface area contributed by atoms with E-state index in [0.717, 1.165) is 25.5 Å². The molecule has 0 saturated carbocycles. The number of carbonyl (C=O) groups is 1. The second-order valence-electron chi connectivity index (χ2n) is 8.29. The molecule has 14 heteroatoms. The Morgan fingerprint density at radius 3 is 2.28 bits per heavy atom.